The number of rotatable bonds is 4. The van der Waals surface area contributed by atoms with E-state index in [0.29, 0.717) is 43.9 Å². The Labute approximate surface area is 237 Å². The maximum Gasteiger partial charge on any atom is 1.00 e. The van der Waals surface area contributed by atoms with Gasteiger partial charge in [-0.1, -0.05) is 36.4 Å². The van der Waals surface area contributed by atoms with Crippen molar-refractivity contribution in [1.82, 2.24) is 20.4 Å². The SMILES string of the molecule is COC(=O)C1CN(C(=O)c2ccccc2)CCN1.O=C(c1ccccc1)N1CCNC(CO)C1.[B].[H-].[Na+]. The molecule has 4 rings (SSSR count). The fourth-order valence-electron chi connectivity index (χ4n) is 3.89. The molecule has 2 unspecified atom stereocenters. The molecule has 3 N–H and O–H groups in total. The van der Waals surface area contributed by atoms with Crippen molar-refractivity contribution >= 4 is 26.2 Å². The Balaban J connectivity index is 0.000000651. The van der Waals surface area contributed by atoms with E-state index in [9.17, 15) is 14.4 Å². The summed E-state index contributed by atoms with van der Waals surface area (Å²) in [5, 5.41) is 15.3. The van der Waals surface area contributed by atoms with Gasteiger partial charge in [0.1, 0.15) is 6.04 Å². The van der Waals surface area contributed by atoms with Crippen molar-refractivity contribution in [2.45, 2.75) is 12.1 Å². The third-order valence-electron chi connectivity index (χ3n) is 5.75. The van der Waals surface area contributed by atoms with Crippen molar-refractivity contribution in [2.24, 2.45) is 0 Å². The van der Waals surface area contributed by atoms with E-state index in [2.05, 4.69) is 15.4 Å². The largest absolute Gasteiger partial charge is 1.00 e. The number of nitrogens with one attached hydrogen (secondary N) is 2. The van der Waals surface area contributed by atoms with Gasteiger partial charge in [-0.05, 0) is 24.3 Å². The number of hydrogen-bond donors (Lipinski definition) is 3. The van der Waals surface area contributed by atoms with Crippen molar-refractivity contribution in [2.75, 3.05) is 53.0 Å². The first kappa shape index (κ1) is 31.8. The third kappa shape index (κ3) is 9.03. The van der Waals surface area contributed by atoms with Crippen molar-refractivity contribution < 1.29 is 55.2 Å². The number of carbonyl (C=O) groups is 3. The number of nitrogens with zero attached hydrogens (tertiary/aromatic N) is 2. The molecule has 2 aliphatic heterocycles. The molecule has 36 heavy (non-hydrogen) atoms. The Morgan fingerprint density at radius 1 is 0.889 bits per heavy atom. The molecule has 11 heteroatoms. The van der Waals surface area contributed by atoms with Crippen LogP contribution in [0.25, 0.3) is 0 Å². The monoisotopic (exact) mass is 503 g/mol. The smallest absolute Gasteiger partial charge is 1.00 e. The number of methoxy groups -OCH3 is 1. The number of aliphatic hydroxyl groups is 1. The summed E-state index contributed by atoms with van der Waals surface area (Å²) in [6, 6.07) is 17.9. The minimum atomic E-state index is -0.434. The second-order valence-electron chi connectivity index (χ2n) is 8.10. The first-order valence-electron chi connectivity index (χ1n) is 11.4. The van der Waals surface area contributed by atoms with Crippen molar-refractivity contribution in [3.8, 4) is 0 Å². The van der Waals surface area contributed by atoms with Crippen LogP contribution in [0.15, 0.2) is 60.7 Å². The van der Waals surface area contributed by atoms with Crippen LogP contribution in [0.4, 0.5) is 0 Å². The summed E-state index contributed by atoms with van der Waals surface area (Å²) < 4.78 is 4.68. The first-order chi connectivity index (χ1) is 16.5. The van der Waals surface area contributed by atoms with Crippen LogP contribution in [0.2, 0.25) is 0 Å². The summed E-state index contributed by atoms with van der Waals surface area (Å²) in [7, 11) is 1.35. The molecule has 3 radical (unpaired) electrons. The maximum atomic E-state index is 12.2. The molecule has 2 aromatic rings. The predicted octanol–water partition coefficient (Wildman–Crippen LogP) is -2.90. The molecule has 0 aromatic heterocycles. The molecule has 187 valence electrons. The number of benzene rings is 2. The quantitative estimate of drug-likeness (QED) is 0.304. The normalized spacial score (nSPS) is 18.9. The van der Waals surface area contributed by atoms with Gasteiger partial charge in [0.25, 0.3) is 11.8 Å². The van der Waals surface area contributed by atoms with E-state index in [-0.39, 0.29) is 69.8 Å². The van der Waals surface area contributed by atoms with Gasteiger partial charge in [0.05, 0.1) is 13.7 Å². The van der Waals surface area contributed by atoms with E-state index in [1.165, 1.54) is 7.11 Å². The first-order valence-corrected chi connectivity index (χ1v) is 11.4. The summed E-state index contributed by atoms with van der Waals surface area (Å²) in [4.78, 5) is 39.2. The van der Waals surface area contributed by atoms with E-state index in [1.54, 1.807) is 21.9 Å². The van der Waals surface area contributed by atoms with Gasteiger partial charge in [0.2, 0.25) is 0 Å². The number of hydrogen-bond acceptors (Lipinski definition) is 7. The van der Waals surface area contributed by atoms with Crippen LogP contribution < -0.4 is 40.2 Å². The second-order valence-corrected chi connectivity index (χ2v) is 8.10. The maximum absolute atomic E-state index is 12.2. The van der Waals surface area contributed by atoms with Crippen LogP contribution in [-0.2, 0) is 9.53 Å². The van der Waals surface area contributed by atoms with E-state index in [0.717, 1.165) is 6.54 Å². The van der Waals surface area contributed by atoms with E-state index in [4.69, 9.17) is 5.11 Å². The summed E-state index contributed by atoms with van der Waals surface area (Å²) in [5.41, 5.74) is 1.35. The van der Waals surface area contributed by atoms with E-state index in [1.807, 2.05) is 48.5 Å². The van der Waals surface area contributed by atoms with Gasteiger partial charge < -0.3 is 31.7 Å². The van der Waals surface area contributed by atoms with Gasteiger partial charge >= 0.3 is 35.5 Å². The zero-order valence-electron chi connectivity index (χ0n) is 21.9. The molecule has 2 aliphatic rings. The number of esters is 1. The minimum absolute atomic E-state index is 0. The molecule has 2 atom stereocenters. The van der Waals surface area contributed by atoms with Gasteiger partial charge in [-0.15, -0.1) is 0 Å². The molecular formula is C25H33BN4NaO5. The standard InChI is InChI=1S/C13H16N2O3.C12H16N2O2.B.Na.H/c1-18-13(17)11-9-15(8-7-14-11)12(16)10-5-3-2-4-6-10;15-9-11-8-14(7-6-13-11)12(16)10-4-2-1-3-5-10;;;/h2-6,11,14H,7-9H2,1H3;1-5,11,13,15H,6-9H2;;;/q;;;+1;-1. The summed E-state index contributed by atoms with van der Waals surface area (Å²) >= 11 is 0. The zero-order valence-corrected chi connectivity index (χ0v) is 22.9. The van der Waals surface area contributed by atoms with Crippen LogP contribution in [-0.4, -0.2) is 106 Å². The van der Waals surface area contributed by atoms with Gasteiger partial charge in [-0.3, -0.25) is 14.4 Å². The zero-order chi connectivity index (χ0) is 24.3. The van der Waals surface area contributed by atoms with E-state index >= 15 is 0 Å². The summed E-state index contributed by atoms with van der Waals surface area (Å²) in [6.07, 6.45) is 0. The van der Waals surface area contributed by atoms with Crippen LogP contribution in [0.5, 0.6) is 0 Å². The van der Waals surface area contributed by atoms with Crippen LogP contribution in [0.3, 0.4) is 0 Å². The van der Waals surface area contributed by atoms with Crippen molar-refractivity contribution in [3.05, 3.63) is 71.8 Å². The number of ether oxygens (including phenoxy) is 1. The average Bonchev–Trinajstić information content (AvgIpc) is 2.93. The predicted molar refractivity (Wildman–Crippen MR) is 134 cm³/mol. The number of amides is 2. The Kier molecular flexibility index (Phi) is 14.6. The summed E-state index contributed by atoms with van der Waals surface area (Å²) in [5.74, 6) is -0.341. The fraction of sp³-hybridized carbons (Fsp3) is 0.400. The fourth-order valence-corrected chi connectivity index (χ4v) is 3.89. The van der Waals surface area contributed by atoms with Gasteiger partial charge in [-0.2, -0.15) is 0 Å². The number of carbonyl (C=O) groups excluding carboxylic acids is 3. The Morgan fingerprint density at radius 3 is 1.83 bits per heavy atom. The van der Waals surface area contributed by atoms with Crippen LogP contribution in [0, 0.1) is 0 Å². The number of aliphatic hydroxyl groups excluding tert-OH is 1. The van der Waals surface area contributed by atoms with E-state index < -0.39 is 6.04 Å². The molecule has 2 amide bonds. The molecule has 2 saturated heterocycles. The molecule has 0 spiro atoms. The molecule has 9 nitrogen and oxygen atoms in total. The Hall–Kier alpha value is -2.21. The topological polar surface area (TPSA) is 111 Å². The minimum Gasteiger partial charge on any atom is -1.00 e. The molecule has 2 aromatic carbocycles. The summed E-state index contributed by atoms with van der Waals surface area (Å²) in [6.45, 7) is 3.62. The number of piperazine rings is 2. The van der Waals surface area contributed by atoms with Crippen molar-refractivity contribution in [3.63, 3.8) is 0 Å². The molecule has 0 bridgehead atoms. The molecule has 2 heterocycles. The molecule has 0 aliphatic carbocycles. The van der Waals surface area contributed by atoms with Crippen molar-refractivity contribution in [1.29, 1.82) is 0 Å². The van der Waals surface area contributed by atoms with Gasteiger partial charge in [0.15, 0.2) is 0 Å². The van der Waals surface area contributed by atoms with Gasteiger partial charge in [0, 0.05) is 64.9 Å². The average molecular weight is 503 g/mol. The Bertz CT molecular complexity index is 961. The van der Waals surface area contributed by atoms with Crippen LogP contribution in [0.1, 0.15) is 22.1 Å². The Morgan fingerprint density at radius 2 is 1.36 bits per heavy atom. The molecule has 0 saturated carbocycles. The van der Waals surface area contributed by atoms with Gasteiger partial charge in [-0.25, -0.2) is 0 Å². The second kappa shape index (κ2) is 16.5. The van der Waals surface area contributed by atoms with Crippen LogP contribution >= 0.6 is 0 Å². The third-order valence-corrected chi connectivity index (χ3v) is 5.75. The molecule has 2 fully saturated rings. The molecular weight excluding hydrogens is 470 g/mol.